The normalized spacial score (nSPS) is 33.1. The Bertz CT molecular complexity index is 147. The minimum Gasteiger partial charge on any atom is -0.374 e. The second-order valence-electron chi connectivity index (χ2n) is 2.26. The van der Waals surface area contributed by atoms with Crippen LogP contribution in [0, 0.1) is 6.92 Å². The summed E-state index contributed by atoms with van der Waals surface area (Å²) in [5.41, 5.74) is -0.297. The number of methoxy groups -OCH3 is 1. The summed E-state index contributed by atoms with van der Waals surface area (Å²) < 4.78 is 5.13. The second-order valence-corrected chi connectivity index (χ2v) is 2.26. The largest absolute Gasteiger partial charge is 0.374 e. The van der Waals surface area contributed by atoms with Gasteiger partial charge in [-0.2, -0.15) is 0 Å². The fourth-order valence-electron chi connectivity index (χ4n) is 0.796. The molecule has 0 aromatic heterocycles. The molecule has 0 heterocycles. The van der Waals surface area contributed by atoms with Gasteiger partial charge in [-0.3, -0.25) is 0 Å². The molecule has 1 nitrogen and oxygen atoms in total. The summed E-state index contributed by atoms with van der Waals surface area (Å²) in [6.07, 6.45) is 8.85. The first kappa shape index (κ1) is 6.56. The molecule has 1 unspecified atom stereocenters. The molecule has 1 atom stereocenters. The molecule has 0 amide bonds. The van der Waals surface area contributed by atoms with Crippen LogP contribution in [0.4, 0.5) is 0 Å². The van der Waals surface area contributed by atoms with Gasteiger partial charge in [-0.1, -0.05) is 24.3 Å². The summed E-state index contributed by atoms with van der Waals surface area (Å²) in [7, 11) is 1.68. The summed E-state index contributed by atoms with van der Waals surface area (Å²) >= 11 is 0. The van der Waals surface area contributed by atoms with Crippen molar-refractivity contribution in [1.82, 2.24) is 0 Å². The van der Waals surface area contributed by atoms with Crippen molar-refractivity contribution in [2.75, 3.05) is 7.11 Å². The van der Waals surface area contributed by atoms with Crippen molar-refractivity contribution in [2.24, 2.45) is 0 Å². The van der Waals surface area contributed by atoms with Crippen LogP contribution in [0.5, 0.6) is 0 Å². The van der Waals surface area contributed by atoms with E-state index in [1.165, 1.54) is 0 Å². The van der Waals surface area contributed by atoms with Gasteiger partial charge in [-0.05, 0) is 13.3 Å². The highest BCUT2D eigenvalue weighted by Gasteiger charge is 2.18. The predicted molar refractivity (Wildman–Crippen MR) is 38.0 cm³/mol. The van der Waals surface area contributed by atoms with Crippen molar-refractivity contribution in [3.63, 3.8) is 0 Å². The standard InChI is InChI=1S/C8H11O/c1-8(9-2)6-4-3-5-7-8/h3-6H,1,7H2,2H3. The zero-order chi connectivity index (χ0) is 6.74. The lowest BCUT2D eigenvalue weighted by molar-refractivity contribution is 0.0734. The first-order valence-corrected chi connectivity index (χ1v) is 3.02. The van der Waals surface area contributed by atoms with E-state index in [-0.39, 0.29) is 5.60 Å². The molecule has 1 heteroatoms. The first-order chi connectivity index (χ1) is 4.27. The van der Waals surface area contributed by atoms with E-state index in [1.54, 1.807) is 7.11 Å². The molecule has 0 bridgehead atoms. The van der Waals surface area contributed by atoms with Crippen LogP contribution in [0.1, 0.15) is 6.42 Å². The molecule has 1 aliphatic carbocycles. The van der Waals surface area contributed by atoms with Crippen LogP contribution in [0.25, 0.3) is 0 Å². The third-order valence-electron chi connectivity index (χ3n) is 1.52. The maximum atomic E-state index is 5.13. The quantitative estimate of drug-likeness (QED) is 0.516. The van der Waals surface area contributed by atoms with Crippen molar-refractivity contribution in [3.8, 4) is 0 Å². The predicted octanol–water partition coefficient (Wildman–Crippen LogP) is 1.72. The SMILES string of the molecule is [CH2]C1(OC)C=CC=CC1. The van der Waals surface area contributed by atoms with Gasteiger partial charge in [0.15, 0.2) is 0 Å². The molecule has 9 heavy (non-hydrogen) atoms. The summed E-state index contributed by atoms with van der Waals surface area (Å²) in [5.74, 6) is 0. The monoisotopic (exact) mass is 123 g/mol. The molecule has 0 aliphatic heterocycles. The summed E-state index contributed by atoms with van der Waals surface area (Å²) in [5, 5.41) is 0. The smallest absolute Gasteiger partial charge is 0.0897 e. The van der Waals surface area contributed by atoms with Crippen LogP contribution in [-0.4, -0.2) is 12.7 Å². The second kappa shape index (κ2) is 2.36. The average molecular weight is 123 g/mol. The van der Waals surface area contributed by atoms with E-state index < -0.39 is 0 Å². The van der Waals surface area contributed by atoms with Crippen molar-refractivity contribution >= 4 is 0 Å². The molecular weight excluding hydrogens is 112 g/mol. The maximum Gasteiger partial charge on any atom is 0.0897 e. The van der Waals surface area contributed by atoms with Crippen molar-refractivity contribution < 1.29 is 4.74 Å². The fourth-order valence-corrected chi connectivity index (χ4v) is 0.796. The molecule has 0 aromatic rings. The highest BCUT2D eigenvalue weighted by Crippen LogP contribution is 2.19. The molecule has 0 fully saturated rings. The van der Waals surface area contributed by atoms with Gasteiger partial charge in [0.1, 0.15) is 0 Å². The maximum absolute atomic E-state index is 5.13. The molecule has 1 rings (SSSR count). The van der Waals surface area contributed by atoms with Crippen LogP contribution in [0.2, 0.25) is 0 Å². The van der Waals surface area contributed by atoms with Gasteiger partial charge < -0.3 is 4.74 Å². The zero-order valence-electron chi connectivity index (χ0n) is 5.63. The van der Waals surface area contributed by atoms with Crippen LogP contribution in [0.3, 0.4) is 0 Å². The van der Waals surface area contributed by atoms with Crippen LogP contribution >= 0.6 is 0 Å². The van der Waals surface area contributed by atoms with Crippen LogP contribution in [-0.2, 0) is 4.74 Å². The van der Waals surface area contributed by atoms with Crippen LogP contribution < -0.4 is 0 Å². The number of ether oxygens (including phenoxy) is 1. The number of hydrogen-bond donors (Lipinski definition) is 0. The van der Waals surface area contributed by atoms with Crippen LogP contribution in [0.15, 0.2) is 24.3 Å². The lowest BCUT2D eigenvalue weighted by Gasteiger charge is -2.23. The molecule has 0 saturated heterocycles. The van der Waals surface area contributed by atoms with E-state index in [9.17, 15) is 0 Å². The minimum atomic E-state index is -0.297. The van der Waals surface area contributed by atoms with Gasteiger partial charge in [0, 0.05) is 7.11 Å². The summed E-state index contributed by atoms with van der Waals surface area (Å²) in [6.45, 7) is 3.89. The Balaban J connectivity index is 2.63. The molecule has 1 radical (unpaired) electrons. The highest BCUT2D eigenvalue weighted by atomic mass is 16.5. The molecular formula is C8H11O. The Kier molecular flexibility index (Phi) is 1.72. The number of rotatable bonds is 1. The summed E-state index contributed by atoms with van der Waals surface area (Å²) in [4.78, 5) is 0. The third kappa shape index (κ3) is 1.42. The lowest BCUT2D eigenvalue weighted by atomic mass is 9.98. The molecule has 0 spiro atoms. The summed E-state index contributed by atoms with van der Waals surface area (Å²) in [6, 6.07) is 0. The van der Waals surface area contributed by atoms with Gasteiger partial charge in [0.25, 0.3) is 0 Å². The zero-order valence-corrected chi connectivity index (χ0v) is 5.63. The van der Waals surface area contributed by atoms with Crippen molar-refractivity contribution in [1.29, 1.82) is 0 Å². The number of allylic oxidation sites excluding steroid dienone is 2. The molecule has 0 aromatic carbocycles. The fraction of sp³-hybridized carbons (Fsp3) is 0.375. The third-order valence-corrected chi connectivity index (χ3v) is 1.52. The van der Waals surface area contributed by atoms with Crippen molar-refractivity contribution in [3.05, 3.63) is 31.2 Å². The topological polar surface area (TPSA) is 9.23 Å². The van der Waals surface area contributed by atoms with E-state index in [0.717, 1.165) is 6.42 Å². The molecule has 1 aliphatic rings. The first-order valence-electron chi connectivity index (χ1n) is 3.02. The Hall–Kier alpha value is -0.560. The van der Waals surface area contributed by atoms with E-state index in [1.807, 2.05) is 18.2 Å². The molecule has 49 valence electrons. The molecule has 0 N–H and O–H groups in total. The lowest BCUT2D eigenvalue weighted by Crippen LogP contribution is -2.24. The number of hydrogen-bond acceptors (Lipinski definition) is 1. The van der Waals surface area contributed by atoms with Gasteiger partial charge in [-0.15, -0.1) is 0 Å². The van der Waals surface area contributed by atoms with Crippen molar-refractivity contribution in [2.45, 2.75) is 12.0 Å². The molecule has 0 saturated carbocycles. The highest BCUT2D eigenvalue weighted by molar-refractivity contribution is 5.19. The Morgan fingerprint density at radius 3 is 2.67 bits per heavy atom. The van der Waals surface area contributed by atoms with E-state index >= 15 is 0 Å². The van der Waals surface area contributed by atoms with Gasteiger partial charge >= 0.3 is 0 Å². The van der Waals surface area contributed by atoms with E-state index in [4.69, 9.17) is 4.74 Å². The average Bonchev–Trinajstić information content (AvgIpc) is 1.90. The van der Waals surface area contributed by atoms with E-state index in [2.05, 4.69) is 13.0 Å². The van der Waals surface area contributed by atoms with Gasteiger partial charge in [-0.25, -0.2) is 0 Å². The van der Waals surface area contributed by atoms with E-state index in [0.29, 0.717) is 0 Å². The van der Waals surface area contributed by atoms with Gasteiger partial charge in [0.05, 0.1) is 5.60 Å². The Morgan fingerprint density at radius 1 is 1.56 bits per heavy atom. The Labute approximate surface area is 56.0 Å². The van der Waals surface area contributed by atoms with Gasteiger partial charge in [0.2, 0.25) is 0 Å². The minimum absolute atomic E-state index is 0.297. The Morgan fingerprint density at radius 2 is 2.33 bits per heavy atom.